The highest BCUT2D eigenvalue weighted by atomic mass is 19.1. The van der Waals surface area contributed by atoms with Crippen LogP contribution in [0.5, 0.6) is 0 Å². The molecule has 0 saturated heterocycles. The van der Waals surface area contributed by atoms with Crippen molar-refractivity contribution in [3.05, 3.63) is 29.3 Å². The largest absolute Gasteiger partial charge is 0.364 e. The highest BCUT2D eigenvalue weighted by Crippen LogP contribution is 2.27. The van der Waals surface area contributed by atoms with E-state index < -0.39 is 11.6 Å². The number of rotatable bonds is 6. The summed E-state index contributed by atoms with van der Waals surface area (Å²) in [6, 6.07) is 2.93. The molecule has 0 spiro atoms. The van der Waals surface area contributed by atoms with Crippen LogP contribution in [-0.4, -0.2) is 19.6 Å². The quantitative estimate of drug-likeness (QED) is 0.840. The van der Waals surface area contributed by atoms with Crippen LogP contribution < -0.4 is 10.2 Å². The number of nitrogens with zero attached hydrogens (tertiary/aromatic N) is 1. The molecule has 0 fully saturated rings. The van der Waals surface area contributed by atoms with E-state index in [2.05, 4.69) is 5.32 Å². The maximum Gasteiger partial charge on any atom is 0.149 e. The molecule has 1 aromatic rings. The van der Waals surface area contributed by atoms with Gasteiger partial charge in [0.15, 0.2) is 0 Å². The summed E-state index contributed by atoms with van der Waals surface area (Å²) in [7, 11) is 1.75. The number of halogens is 2. The number of hydrogen-bond acceptors (Lipinski definition) is 2. The molecular formula is C14H22F2N2. The summed E-state index contributed by atoms with van der Waals surface area (Å²) in [5.41, 5.74) is 0.711. The van der Waals surface area contributed by atoms with Crippen LogP contribution in [0.15, 0.2) is 12.1 Å². The van der Waals surface area contributed by atoms with Crippen molar-refractivity contribution in [3.8, 4) is 0 Å². The SMILES string of the molecule is CCC(C)N(CC)c1c(F)cc(CNC)cc1F. The summed E-state index contributed by atoms with van der Waals surface area (Å²) < 4.78 is 28.1. The van der Waals surface area contributed by atoms with Crippen LogP contribution >= 0.6 is 0 Å². The topological polar surface area (TPSA) is 15.3 Å². The molecule has 0 aliphatic carbocycles. The van der Waals surface area contributed by atoms with Crippen LogP contribution in [0.3, 0.4) is 0 Å². The summed E-state index contributed by atoms with van der Waals surface area (Å²) >= 11 is 0. The second-order valence-electron chi connectivity index (χ2n) is 4.48. The van der Waals surface area contributed by atoms with Crippen molar-refractivity contribution in [2.75, 3.05) is 18.5 Å². The molecule has 18 heavy (non-hydrogen) atoms. The smallest absolute Gasteiger partial charge is 0.149 e. The summed E-state index contributed by atoms with van der Waals surface area (Å²) in [6.07, 6.45) is 0.852. The predicted octanol–water partition coefficient (Wildman–Crippen LogP) is 3.31. The minimum absolute atomic E-state index is 0.0895. The number of hydrogen-bond donors (Lipinski definition) is 1. The van der Waals surface area contributed by atoms with E-state index in [1.165, 1.54) is 12.1 Å². The molecule has 0 aromatic heterocycles. The van der Waals surface area contributed by atoms with E-state index in [-0.39, 0.29) is 11.7 Å². The van der Waals surface area contributed by atoms with Gasteiger partial charge in [-0.05, 0) is 45.0 Å². The Hall–Kier alpha value is -1.16. The van der Waals surface area contributed by atoms with Gasteiger partial charge in [-0.15, -0.1) is 0 Å². The average Bonchev–Trinajstić information content (AvgIpc) is 2.33. The normalized spacial score (nSPS) is 12.6. The number of benzene rings is 1. The Morgan fingerprint density at radius 1 is 1.22 bits per heavy atom. The molecule has 1 N–H and O–H groups in total. The maximum atomic E-state index is 14.1. The van der Waals surface area contributed by atoms with Gasteiger partial charge in [-0.3, -0.25) is 0 Å². The molecule has 4 heteroatoms. The van der Waals surface area contributed by atoms with Crippen LogP contribution in [0, 0.1) is 11.6 Å². The van der Waals surface area contributed by atoms with Gasteiger partial charge in [0.2, 0.25) is 0 Å². The third-order valence-corrected chi connectivity index (χ3v) is 3.21. The van der Waals surface area contributed by atoms with Gasteiger partial charge in [0, 0.05) is 19.1 Å². The molecule has 0 heterocycles. The van der Waals surface area contributed by atoms with Gasteiger partial charge in [-0.2, -0.15) is 0 Å². The zero-order chi connectivity index (χ0) is 13.7. The molecule has 0 aliphatic rings. The van der Waals surface area contributed by atoms with Gasteiger partial charge < -0.3 is 10.2 Å². The minimum atomic E-state index is -0.484. The molecule has 2 nitrogen and oxygen atoms in total. The molecule has 0 aliphatic heterocycles. The van der Waals surface area contributed by atoms with E-state index in [1.54, 1.807) is 11.9 Å². The summed E-state index contributed by atoms with van der Waals surface area (Å²) in [5.74, 6) is -0.968. The lowest BCUT2D eigenvalue weighted by molar-refractivity contribution is 0.542. The van der Waals surface area contributed by atoms with E-state index in [1.807, 2.05) is 20.8 Å². The van der Waals surface area contributed by atoms with E-state index in [0.717, 1.165) is 6.42 Å². The highest BCUT2D eigenvalue weighted by molar-refractivity contribution is 5.51. The minimum Gasteiger partial charge on any atom is -0.364 e. The van der Waals surface area contributed by atoms with Gasteiger partial charge in [0.1, 0.15) is 17.3 Å². The average molecular weight is 256 g/mol. The zero-order valence-corrected chi connectivity index (χ0v) is 11.6. The Kier molecular flexibility index (Phi) is 5.54. The summed E-state index contributed by atoms with van der Waals surface area (Å²) in [5, 5.41) is 2.89. The standard InChI is InChI=1S/C14H22F2N2/c1-5-10(3)18(6-2)14-12(15)7-11(9-17-4)8-13(14)16/h7-8,10,17H,5-6,9H2,1-4H3. The van der Waals surface area contributed by atoms with Crippen molar-refractivity contribution >= 4 is 5.69 Å². The monoisotopic (exact) mass is 256 g/mol. The molecule has 0 amide bonds. The van der Waals surface area contributed by atoms with Crippen molar-refractivity contribution in [1.82, 2.24) is 5.32 Å². The Balaban J connectivity index is 3.15. The first-order valence-corrected chi connectivity index (χ1v) is 6.44. The van der Waals surface area contributed by atoms with Gasteiger partial charge in [0.05, 0.1) is 0 Å². The van der Waals surface area contributed by atoms with E-state index in [9.17, 15) is 8.78 Å². The van der Waals surface area contributed by atoms with Gasteiger partial charge in [-0.25, -0.2) is 8.78 Å². The fourth-order valence-corrected chi connectivity index (χ4v) is 2.11. The molecular weight excluding hydrogens is 234 g/mol. The van der Waals surface area contributed by atoms with Gasteiger partial charge >= 0.3 is 0 Å². The van der Waals surface area contributed by atoms with Crippen molar-refractivity contribution in [3.63, 3.8) is 0 Å². The van der Waals surface area contributed by atoms with E-state index in [0.29, 0.717) is 18.7 Å². The van der Waals surface area contributed by atoms with E-state index >= 15 is 0 Å². The zero-order valence-electron chi connectivity index (χ0n) is 11.6. The first-order chi connectivity index (χ1) is 8.54. The Morgan fingerprint density at radius 2 is 1.78 bits per heavy atom. The third kappa shape index (κ3) is 3.19. The molecule has 1 unspecified atom stereocenters. The lowest BCUT2D eigenvalue weighted by atomic mass is 10.1. The van der Waals surface area contributed by atoms with Crippen molar-refractivity contribution < 1.29 is 8.78 Å². The lowest BCUT2D eigenvalue weighted by Gasteiger charge is -2.30. The van der Waals surface area contributed by atoms with Crippen LogP contribution in [0.4, 0.5) is 14.5 Å². The van der Waals surface area contributed by atoms with Crippen molar-refractivity contribution in [2.24, 2.45) is 0 Å². The predicted molar refractivity (Wildman–Crippen MR) is 71.9 cm³/mol. The second kappa shape index (κ2) is 6.69. The Labute approximate surface area is 108 Å². The molecule has 1 aromatic carbocycles. The van der Waals surface area contributed by atoms with Crippen LogP contribution in [-0.2, 0) is 6.54 Å². The van der Waals surface area contributed by atoms with Gasteiger partial charge in [0.25, 0.3) is 0 Å². The van der Waals surface area contributed by atoms with Crippen LogP contribution in [0.1, 0.15) is 32.8 Å². The van der Waals surface area contributed by atoms with Crippen molar-refractivity contribution in [1.29, 1.82) is 0 Å². The maximum absolute atomic E-state index is 14.1. The summed E-state index contributed by atoms with van der Waals surface area (Å²) in [4.78, 5) is 1.77. The second-order valence-corrected chi connectivity index (χ2v) is 4.48. The summed E-state index contributed by atoms with van der Waals surface area (Å²) in [6.45, 7) is 6.95. The Morgan fingerprint density at radius 3 is 2.17 bits per heavy atom. The molecule has 1 rings (SSSR count). The fraction of sp³-hybridized carbons (Fsp3) is 0.571. The van der Waals surface area contributed by atoms with E-state index in [4.69, 9.17) is 0 Å². The van der Waals surface area contributed by atoms with Gasteiger partial charge in [-0.1, -0.05) is 6.92 Å². The van der Waals surface area contributed by atoms with Crippen molar-refractivity contribution in [2.45, 2.75) is 39.8 Å². The molecule has 0 radical (unpaired) electrons. The molecule has 102 valence electrons. The fourth-order valence-electron chi connectivity index (χ4n) is 2.11. The molecule has 0 bridgehead atoms. The first kappa shape index (κ1) is 14.9. The lowest BCUT2D eigenvalue weighted by Crippen LogP contribution is -2.34. The highest BCUT2D eigenvalue weighted by Gasteiger charge is 2.20. The first-order valence-electron chi connectivity index (χ1n) is 6.44. The third-order valence-electron chi connectivity index (χ3n) is 3.21. The Bertz CT molecular complexity index is 370. The molecule has 1 atom stereocenters. The molecule has 0 saturated carbocycles. The van der Waals surface area contributed by atoms with Crippen LogP contribution in [0.2, 0.25) is 0 Å². The number of nitrogens with one attached hydrogen (secondary N) is 1. The van der Waals surface area contributed by atoms with Crippen LogP contribution in [0.25, 0.3) is 0 Å². The number of anilines is 1.